The molecule has 0 saturated carbocycles. The summed E-state index contributed by atoms with van der Waals surface area (Å²) in [4.78, 5) is 26.0. The summed E-state index contributed by atoms with van der Waals surface area (Å²) in [7, 11) is 0. The highest BCUT2D eigenvalue weighted by atomic mass is 16.5. The van der Waals surface area contributed by atoms with Gasteiger partial charge in [0.15, 0.2) is 0 Å². The maximum atomic E-state index is 13.5. The maximum absolute atomic E-state index is 13.5. The molecule has 0 radical (unpaired) electrons. The summed E-state index contributed by atoms with van der Waals surface area (Å²) in [5, 5.41) is 20.3. The minimum absolute atomic E-state index is 0.00246. The molecule has 3 heterocycles. The standard InChI is InChI=1S/C28H20O7/c1-14-18(10-16-4-2-3-5-22(16)34-14)19-11-24(31)35-23-12-21(30)26-27(32)20(13-33-28(26)25(19)23)15-6-8-17(29)9-7-15/h2-10,12-14,19,29-30H,11H2,1H3/t14-,19+/m0/s1. The summed E-state index contributed by atoms with van der Waals surface area (Å²) in [5.74, 6) is -0.281. The van der Waals surface area contributed by atoms with Crippen molar-refractivity contribution in [3.63, 3.8) is 0 Å². The van der Waals surface area contributed by atoms with Crippen LogP contribution in [0.2, 0.25) is 0 Å². The summed E-state index contributed by atoms with van der Waals surface area (Å²) in [6, 6.07) is 15.0. The summed E-state index contributed by atoms with van der Waals surface area (Å²) in [6.07, 6.45) is 3.03. The molecule has 174 valence electrons. The number of aromatic hydroxyl groups is 2. The van der Waals surface area contributed by atoms with E-state index < -0.39 is 17.3 Å². The molecular weight excluding hydrogens is 448 g/mol. The summed E-state index contributed by atoms with van der Waals surface area (Å²) in [6.45, 7) is 1.91. The number of carbonyl (C=O) groups is 1. The summed E-state index contributed by atoms with van der Waals surface area (Å²) < 4.78 is 17.5. The van der Waals surface area contributed by atoms with Gasteiger partial charge in [0.2, 0.25) is 5.43 Å². The highest BCUT2D eigenvalue weighted by Crippen LogP contribution is 2.48. The van der Waals surface area contributed by atoms with Gasteiger partial charge >= 0.3 is 5.97 Å². The van der Waals surface area contributed by atoms with Gasteiger partial charge < -0.3 is 24.1 Å². The molecule has 6 rings (SSSR count). The molecule has 2 aliphatic rings. The maximum Gasteiger partial charge on any atom is 0.312 e. The molecule has 0 saturated heterocycles. The highest BCUT2D eigenvalue weighted by Gasteiger charge is 2.37. The van der Waals surface area contributed by atoms with Crippen molar-refractivity contribution in [3.8, 4) is 34.1 Å². The first-order chi connectivity index (χ1) is 16.9. The number of hydrogen-bond acceptors (Lipinski definition) is 7. The molecule has 0 amide bonds. The predicted molar refractivity (Wildman–Crippen MR) is 129 cm³/mol. The van der Waals surface area contributed by atoms with E-state index in [0.717, 1.165) is 16.9 Å². The van der Waals surface area contributed by atoms with E-state index in [4.69, 9.17) is 13.9 Å². The molecule has 3 aromatic carbocycles. The molecule has 1 aromatic heterocycles. The number of para-hydroxylation sites is 1. The zero-order valence-corrected chi connectivity index (χ0v) is 18.6. The average Bonchev–Trinajstić information content (AvgIpc) is 2.83. The number of rotatable bonds is 2. The summed E-state index contributed by atoms with van der Waals surface area (Å²) in [5.41, 5.74) is 2.76. The fourth-order valence-electron chi connectivity index (χ4n) is 4.90. The Balaban J connectivity index is 1.58. The smallest absolute Gasteiger partial charge is 0.312 e. The van der Waals surface area contributed by atoms with Crippen molar-refractivity contribution >= 4 is 23.0 Å². The largest absolute Gasteiger partial charge is 0.508 e. The molecule has 0 unspecified atom stereocenters. The lowest BCUT2D eigenvalue weighted by atomic mass is 9.81. The lowest BCUT2D eigenvalue weighted by Crippen LogP contribution is -2.29. The molecule has 2 N–H and O–H groups in total. The zero-order valence-electron chi connectivity index (χ0n) is 18.6. The predicted octanol–water partition coefficient (Wildman–Crippen LogP) is 5.13. The molecule has 0 fully saturated rings. The molecular formula is C28H20O7. The SMILES string of the molecule is C[C@@H]1Oc2ccccc2C=C1[C@H]1CC(=O)Oc2cc(O)c3c(=O)c(-c4ccc(O)cc4)coc3c21. The Hall–Kier alpha value is -4.52. The molecule has 0 spiro atoms. The van der Waals surface area contributed by atoms with Crippen molar-refractivity contribution in [2.75, 3.05) is 0 Å². The van der Waals surface area contributed by atoms with Gasteiger partial charge in [-0.25, -0.2) is 0 Å². The van der Waals surface area contributed by atoms with Gasteiger partial charge in [0.25, 0.3) is 0 Å². The van der Waals surface area contributed by atoms with Crippen molar-refractivity contribution in [2.45, 2.75) is 25.4 Å². The van der Waals surface area contributed by atoms with Gasteiger partial charge in [0, 0.05) is 23.1 Å². The Labute approximate surface area is 199 Å². The monoisotopic (exact) mass is 468 g/mol. The second kappa shape index (κ2) is 7.77. The average molecular weight is 468 g/mol. The van der Waals surface area contributed by atoms with Gasteiger partial charge in [0.1, 0.15) is 46.3 Å². The number of carbonyl (C=O) groups excluding carboxylic acids is 1. The van der Waals surface area contributed by atoms with Crippen LogP contribution in [-0.2, 0) is 4.79 Å². The third kappa shape index (κ3) is 3.35. The van der Waals surface area contributed by atoms with Crippen LogP contribution >= 0.6 is 0 Å². The lowest BCUT2D eigenvalue weighted by molar-refractivity contribution is -0.135. The van der Waals surface area contributed by atoms with E-state index in [0.29, 0.717) is 11.1 Å². The van der Waals surface area contributed by atoms with E-state index in [2.05, 4.69) is 0 Å². The van der Waals surface area contributed by atoms with Gasteiger partial charge in [-0.05, 0) is 42.3 Å². The van der Waals surface area contributed by atoms with Crippen molar-refractivity contribution in [1.29, 1.82) is 0 Å². The minimum atomic E-state index is -0.472. The molecule has 2 atom stereocenters. The lowest BCUT2D eigenvalue weighted by Gasteiger charge is -2.33. The van der Waals surface area contributed by atoms with E-state index in [1.54, 1.807) is 12.1 Å². The fourth-order valence-corrected chi connectivity index (χ4v) is 4.90. The van der Waals surface area contributed by atoms with Crippen LogP contribution in [0.15, 0.2) is 75.6 Å². The molecule has 7 nitrogen and oxygen atoms in total. The Morgan fingerprint density at radius 3 is 2.54 bits per heavy atom. The van der Waals surface area contributed by atoms with E-state index in [9.17, 15) is 19.8 Å². The Morgan fingerprint density at radius 2 is 1.74 bits per heavy atom. The molecule has 0 bridgehead atoms. The number of phenolic OH excluding ortho intramolecular Hbond substituents is 2. The second-order valence-corrected chi connectivity index (χ2v) is 8.71. The van der Waals surface area contributed by atoms with Crippen LogP contribution in [0.25, 0.3) is 28.2 Å². The van der Waals surface area contributed by atoms with E-state index in [-0.39, 0.29) is 46.3 Å². The van der Waals surface area contributed by atoms with Crippen LogP contribution in [0.1, 0.15) is 30.4 Å². The zero-order chi connectivity index (χ0) is 24.3. The van der Waals surface area contributed by atoms with Gasteiger partial charge in [-0.15, -0.1) is 0 Å². The molecule has 4 aromatic rings. The molecule has 35 heavy (non-hydrogen) atoms. The van der Waals surface area contributed by atoms with E-state index in [1.165, 1.54) is 24.5 Å². The molecule has 0 aliphatic carbocycles. The first-order valence-electron chi connectivity index (χ1n) is 11.2. The van der Waals surface area contributed by atoms with Gasteiger partial charge in [-0.1, -0.05) is 30.3 Å². The van der Waals surface area contributed by atoms with Crippen LogP contribution < -0.4 is 14.9 Å². The van der Waals surface area contributed by atoms with Crippen molar-refractivity contribution in [2.24, 2.45) is 0 Å². The van der Waals surface area contributed by atoms with Crippen LogP contribution in [-0.4, -0.2) is 22.3 Å². The first-order valence-corrected chi connectivity index (χ1v) is 11.2. The van der Waals surface area contributed by atoms with Crippen molar-refractivity contribution in [1.82, 2.24) is 0 Å². The number of ether oxygens (including phenoxy) is 2. The summed E-state index contributed by atoms with van der Waals surface area (Å²) >= 11 is 0. The number of esters is 1. The third-order valence-electron chi connectivity index (χ3n) is 6.57. The van der Waals surface area contributed by atoms with Crippen molar-refractivity contribution in [3.05, 3.63) is 87.8 Å². The van der Waals surface area contributed by atoms with Gasteiger partial charge in [-0.2, -0.15) is 0 Å². The topological polar surface area (TPSA) is 106 Å². The number of fused-ring (bicyclic) bond motifs is 4. The number of hydrogen-bond donors (Lipinski definition) is 2. The fraction of sp³-hybridized carbons (Fsp3) is 0.143. The minimum Gasteiger partial charge on any atom is -0.508 e. The number of benzene rings is 3. The normalized spacial score (nSPS) is 18.8. The third-order valence-corrected chi connectivity index (χ3v) is 6.57. The highest BCUT2D eigenvalue weighted by molar-refractivity contribution is 5.94. The molecule has 7 heteroatoms. The van der Waals surface area contributed by atoms with Crippen LogP contribution in [0.4, 0.5) is 0 Å². The Bertz CT molecular complexity index is 1590. The van der Waals surface area contributed by atoms with Crippen LogP contribution in [0, 0.1) is 0 Å². The number of phenols is 2. The van der Waals surface area contributed by atoms with E-state index >= 15 is 0 Å². The van der Waals surface area contributed by atoms with Gasteiger partial charge in [-0.3, -0.25) is 9.59 Å². The van der Waals surface area contributed by atoms with Crippen molar-refractivity contribution < 1.29 is 28.9 Å². The Morgan fingerprint density at radius 1 is 0.971 bits per heavy atom. The first kappa shape index (κ1) is 21.0. The van der Waals surface area contributed by atoms with Crippen LogP contribution in [0.5, 0.6) is 23.0 Å². The second-order valence-electron chi connectivity index (χ2n) is 8.71. The molecule has 2 aliphatic heterocycles. The van der Waals surface area contributed by atoms with Gasteiger partial charge in [0.05, 0.1) is 12.0 Å². The Kier molecular flexibility index (Phi) is 4.67. The quantitative estimate of drug-likeness (QED) is 0.310. The van der Waals surface area contributed by atoms with E-state index in [1.807, 2.05) is 37.3 Å². The van der Waals surface area contributed by atoms with Crippen LogP contribution in [0.3, 0.4) is 0 Å².